The van der Waals surface area contributed by atoms with Gasteiger partial charge in [0.25, 0.3) is 5.91 Å². The molecule has 0 unspecified atom stereocenters. The molecule has 0 saturated carbocycles. The molecule has 1 amide bonds. The molecule has 2 aromatic carbocycles. The van der Waals surface area contributed by atoms with Gasteiger partial charge in [-0.15, -0.1) is 0 Å². The number of rotatable bonds is 4. The third-order valence-corrected chi connectivity index (χ3v) is 3.83. The Kier molecular flexibility index (Phi) is 5.47. The Morgan fingerprint density at radius 1 is 1.29 bits per heavy atom. The predicted octanol–water partition coefficient (Wildman–Crippen LogP) is 4.66. The maximum Gasteiger partial charge on any atom is 0.265 e. The van der Waals surface area contributed by atoms with Crippen LogP contribution in [0.2, 0.25) is 5.02 Å². The van der Waals surface area contributed by atoms with Crippen LogP contribution in [0.4, 0.5) is 5.69 Å². The van der Waals surface area contributed by atoms with E-state index in [0.29, 0.717) is 10.8 Å². The highest BCUT2D eigenvalue weighted by molar-refractivity contribution is 14.1. The second kappa shape index (κ2) is 7.13. The molecule has 0 aromatic heterocycles. The summed E-state index contributed by atoms with van der Waals surface area (Å²) >= 11 is 8.13. The van der Waals surface area contributed by atoms with Gasteiger partial charge in [-0.1, -0.05) is 17.7 Å². The van der Waals surface area contributed by atoms with Crippen molar-refractivity contribution >= 4 is 45.8 Å². The fraction of sp³-hybridized carbons (Fsp3) is 0.188. The van der Waals surface area contributed by atoms with E-state index >= 15 is 0 Å². The van der Waals surface area contributed by atoms with Crippen molar-refractivity contribution in [2.75, 3.05) is 5.32 Å². The van der Waals surface area contributed by atoms with Crippen molar-refractivity contribution in [3.05, 3.63) is 56.6 Å². The smallest absolute Gasteiger partial charge is 0.265 e. The molecule has 0 aliphatic heterocycles. The molecule has 0 aliphatic rings. The quantitative estimate of drug-likeness (QED) is 0.738. The maximum absolute atomic E-state index is 12.2. The van der Waals surface area contributed by atoms with Gasteiger partial charge >= 0.3 is 0 Å². The van der Waals surface area contributed by atoms with E-state index in [2.05, 4.69) is 27.9 Å². The van der Waals surface area contributed by atoms with Gasteiger partial charge in [0.15, 0.2) is 6.10 Å². The van der Waals surface area contributed by atoms with E-state index in [1.807, 2.05) is 25.1 Å². The number of halogens is 2. The Bertz CT molecular complexity index is 660. The van der Waals surface area contributed by atoms with Crippen LogP contribution in [0.3, 0.4) is 0 Å². The Hall–Kier alpha value is -1.27. The lowest BCUT2D eigenvalue weighted by molar-refractivity contribution is -0.122. The molecule has 2 aromatic rings. The van der Waals surface area contributed by atoms with E-state index in [0.717, 1.165) is 14.8 Å². The zero-order valence-electron chi connectivity index (χ0n) is 11.7. The van der Waals surface area contributed by atoms with Crippen molar-refractivity contribution in [1.82, 2.24) is 0 Å². The van der Waals surface area contributed by atoms with E-state index in [-0.39, 0.29) is 5.91 Å². The highest BCUT2D eigenvalue weighted by atomic mass is 127. The first-order valence-corrected chi connectivity index (χ1v) is 7.90. The molecule has 3 nitrogen and oxygen atoms in total. The number of amides is 1. The number of ether oxygens (including phenoxy) is 1. The molecule has 5 heteroatoms. The molecule has 0 fully saturated rings. The average molecular weight is 416 g/mol. The number of aryl methyl sites for hydroxylation is 1. The maximum atomic E-state index is 12.2. The Balaban J connectivity index is 2.02. The Morgan fingerprint density at radius 3 is 2.71 bits per heavy atom. The highest BCUT2D eigenvalue weighted by Crippen LogP contribution is 2.20. The first-order valence-electron chi connectivity index (χ1n) is 6.45. The summed E-state index contributed by atoms with van der Waals surface area (Å²) in [4.78, 5) is 12.2. The Morgan fingerprint density at radius 2 is 2.05 bits per heavy atom. The molecular weight excluding hydrogens is 401 g/mol. The Labute approximate surface area is 142 Å². The van der Waals surface area contributed by atoms with Crippen LogP contribution in [0.5, 0.6) is 5.75 Å². The number of hydrogen-bond acceptors (Lipinski definition) is 2. The molecule has 0 saturated heterocycles. The summed E-state index contributed by atoms with van der Waals surface area (Å²) in [5, 5.41) is 3.45. The molecule has 1 N–H and O–H groups in total. The second-order valence-corrected chi connectivity index (χ2v) is 6.35. The summed E-state index contributed by atoms with van der Waals surface area (Å²) in [6.45, 7) is 3.67. The molecule has 0 aliphatic carbocycles. The van der Waals surface area contributed by atoms with E-state index in [1.54, 1.807) is 31.2 Å². The zero-order valence-corrected chi connectivity index (χ0v) is 14.6. The second-order valence-electron chi connectivity index (χ2n) is 4.67. The van der Waals surface area contributed by atoms with Crippen LogP contribution in [-0.2, 0) is 4.79 Å². The summed E-state index contributed by atoms with van der Waals surface area (Å²) in [5.74, 6) is 0.378. The third kappa shape index (κ3) is 4.61. The summed E-state index contributed by atoms with van der Waals surface area (Å²) in [6.07, 6.45) is -0.609. The number of hydrogen-bond donors (Lipinski definition) is 1. The van der Waals surface area contributed by atoms with Gasteiger partial charge < -0.3 is 10.1 Å². The van der Waals surface area contributed by atoms with Crippen LogP contribution in [0, 0.1) is 10.5 Å². The van der Waals surface area contributed by atoms with Crippen molar-refractivity contribution in [2.45, 2.75) is 20.0 Å². The van der Waals surface area contributed by atoms with E-state index in [1.165, 1.54) is 0 Å². The van der Waals surface area contributed by atoms with Crippen LogP contribution < -0.4 is 10.1 Å². The van der Waals surface area contributed by atoms with Crippen LogP contribution >= 0.6 is 34.2 Å². The van der Waals surface area contributed by atoms with Crippen molar-refractivity contribution in [3.63, 3.8) is 0 Å². The lowest BCUT2D eigenvalue weighted by atomic mass is 10.2. The summed E-state index contributed by atoms with van der Waals surface area (Å²) < 4.78 is 6.73. The van der Waals surface area contributed by atoms with Gasteiger partial charge in [0.05, 0.1) is 0 Å². The van der Waals surface area contributed by atoms with Gasteiger partial charge in [-0.05, 0) is 78.4 Å². The van der Waals surface area contributed by atoms with E-state index in [4.69, 9.17) is 16.3 Å². The van der Waals surface area contributed by atoms with Crippen molar-refractivity contribution in [1.29, 1.82) is 0 Å². The van der Waals surface area contributed by atoms with Crippen LogP contribution in [0.1, 0.15) is 12.5 Å². The summed E-state index contributed by atoms with van der Waals surface area (Å²) in [5.41, 5.74) is 1.81. The minimum atomic E-state index is -0.609. The SMILES string of the molecule is Cc1cc(I)ccc1NC(=O)[C@@H](C)Oc1cccc(Cl)c1. The van der Waals surface area contributed by atoms with Gasteiger partial charge in [0, 0.05) is 14.3 Å². The topological polar surface area (TPSA) is 38.3 Å². The summed E-state index contributed by atoms with van der Waals surface area (Å²) in [7, 11) is 0. The van der Waals surface area contributed by atoms with E-state index < -0.39 is 6.10 Å². The van der Waals surface area contributed by atoms with Crippen LogP contribution in [0.25, 0.3) is 0 Å². The molecule has 1 atom stereocenters. The lowest BCUT2D eigenvalue weighted by Gasteiger charge is -2.16. The minimum Gasteiger partial charge on any atom is -0.481 e. The lowest BCUT2D eigenvalue weighted by Crippen LogP contribution is -2.30. The van der Waals surface area contributed by atoms with Crippen molar-refractivity contribution in [3.8, 4) is 5.75 Å². The van der Waals surface area contributed by atoms with Crippen molar-refractivity contribution in [2.24, 2.45) is 0 Å². The van der Waals surface area contributed by atoms with Gasteiger partial charge in [-0.2, -0.15) is 0 Å². The first-order chi connectivity index (χ1) is 9.95. The molecule has 0 radical (unpaired) electrons. The zero-order chi connectivity index (χ0) is 15.4. The normalized spacial score (nSPS) is 11.8. The predicted molar refractivity (Wildman–Crippen MR) is 94.1 cm³/mol. The molecule has 21 heavy (non-hydrogen) atoms. The first kappa shape index (κ1) is 16.1. The number of anilines is 1. The molecular formula is C16H15ClINO2. The number of carbonyl (C=O) groups excluding carboxylic acids is 1. The molecule has 0 heterocycles. The fourth-order valence-corrected chi connectivity index (χ4v) is 2.63. The van der Waals surface area contributed by atoms with Gasteiger partial charge in [0.2, 0.25) is 0 Å². The molecule has 110 valence electrons. The van der Waals surface area contributed by atoms with Gasteiger partial charge in [-0.25, -0.2) is 0 Å². The largest absolute Gasteiger partial charge is 0.481 e. The minimum absolute atomic E-state index is 0.195. The van der Waals surface area contributed by atoms with Crippen LogP contribution in [-0.4, -0.2) is 12.0 Å². The highest BCUT2D eigenvalue weighted by Gasteiger charge is 2.15. The average Bonchev–Trinajstić information content (AvgIpc) is 2.41. The molecule has 0 bridgehead atoms. The molecule has 2 rings (SSSR count). The fourth-order valence-electron chi connectivity index (χ4n) is 1.80. The third-order valence-electron chi connectivity index (χ3n) is 2.92. The van der Waals surface area contributed by atoms with E-state index in [9.17, 15) is 4.79 Å². The number of nitrogens with one attached hydrogen (secondary N) is 1. The summed E-state index contributed by atoms with van der Waals surface area (Å²) in [6, 6.07) is 12.8. The van der Waals surface area contributed by atoms with Gasteiger partial charge in [-0.3, -0.25) is 4.79 Å². The monoisotopic (exact) mass is 415 g/mol. The van der Waals surface area contributed by atoms with Gasteiger partial charge in [0.1, 0.15) is 5.75 Å². The number of benzene rings is 2. The molecule has 0 spiro atoms. The van der Waals surface area contributed by atoms with Crippen molar-refractivity contribution < 1.29 is 9.53 Å². The van der Waals surface area contributed by atoms with Crippen LogP contribution in [0.15, 0.2) is 42.5 Å². The standard InChI is InChI=1S/C16H15ClINO2/c1-10-8-13(18)6-7-15(10)19-16(20)11(2)21-14-5-3-4-12(17)9-14/h3-9,11H,1-2H3,(H,19,20)/t11-/m1/s1. The number of carbonyl (C=O) groups is 1.